The molecule has 0 aromatic carbocycles. The molecule has 0 amide bonds. The van der Waals surface area contributed by atoms with E-state index in [0.717, 1.165) is 0 Å². The van der Waals surface area contributed by atoms with Gasteiger partial charge >= 0.3 is 0 Å². The van der Waals surface area contributed by atoms with Gasteiger partial charge in [0.1, 0.15) is 0 Å². The van der Waals surface area contributed by atoms with E-state index in [9.17, 15) is 8.87 Å². The number of nitrogens with zero attached hydrogens (tertiary/aromatic N) is 1. The summed E-state index contributed by atoms with van der Waals surface area (Å²) in [5, 5.41) is 8.55. The average Bonchev–Trinajstić information content (AvgIpc) is 1.85. The van der Waals surface area contributed by atoms with E-state index in [-0.39, 0.29) is 18.1 Å². The van der Waals surface area contributed by atoms with E-state index in [0.29, 0.717) is 0 Å². The average molecular weight is 123 g/mol. The molecule has 0 spiro atoms. The van der Waals surface area contributed by atoms with Gasteiger partial charge in [-0.15, -0.1) is 9.60 Å². The minimum atomic E-state index is -1.59. The molecule has 1 rings (SSSR count). The fraction of sp³-hybridized carbons (Fsp3) is 1.00. The Balaban J connectivity index is 2.39. The van der Waals surface area contributed by atoms with Crippen molar-refractivity contribution in [3.05, 3.63) is 0 Å². The number of aliphatic hydroxyl groups excluding tert-OH is 1. The molecular weight excluding hydrogens is 116 g/mol. The Morgan fingerprint density at radius 3 is 2.38 bits per heavy atom. The lowest BCUT2D eigenvalue weighted by molar-refractivity contribution is -0.0490. The molecule has 1 N–H and O–H groups in total. The molecule has 1 fully saturated rings. The van der Waals surface area contributed by atoms with Crippen molar-refractivity contribution >= 4 is 0 Å². The molecule has 2 nitrogen and oxygen atoms in total. The summed E-state index contributed by atoms with van der Waals surface area (Å²) in [6, 6.07) is 0. The van der Waals surface area contributed by atoms with Crippen molar-refractivity contribution in [3.63, 3.8) is 0 Å². The van der Waals surface area contributed by atoms with Crippen LogP contribution in [0.5, 0.6) is 0 Å². The van der Waals surface area contributed by atoms with Gasteiger partial charge in [0.05, 0.1) is 12.6 Å². The molecule has 2 unspecified atom stereocenters. The molecule has 1 saturated heterocycles. The van der Waals surface area contributed by atoms with Crippen molar-refractivity contribution in [1.29, 1.82) is 0 Å². The normalized spacial score (nSPS) is 40.9. The van der Waals surface area contributed by atoms with E-state index < -0.39 is 12.4 Å². The van der Waals surface area contributed by atoms with Crippen molar-refractivity contribution in [3.8, 4) is 0 Å². The summed E-state index contributed by atoms with van der Waals surface area (Å²) in [6.07, 6.45) is -2.52. The number of alkyl halides is 1. The first-order valence-corrected chi connectivity index (χ1v) is 2.44. The van der Waals surface area contributed by atoms with Crippen LogP contribution in [-0.2, 0) is 0 Å². The van der Waals surface area contributed by atoms with Gasteiger partial charge < -0.3 is 5.11 Å². The highest BCUT2D eigenvalue weighted by atomic mass is 19.2. The lowest BCUT2D eigenvalue weighted by atomic mass is 10.3. The van der Waals surface area contributed by atoms with E-state index >= 15 is 0 Å². The summed E-state index contributed by atoms with van der Waals surface area (Å²) in [6.45, 7) is -0.193. The van der Waals surface area contributed by atoms with Crippen molar-refractivity contribution in [2.75, 3.05) is 6.54 Å². The molecule has 0 aromatic rings. The highest BCUT2D eigenvalue weighted by Gasteiger charge is 2.30. The van der Waals surface area contributed by atoms with Crippen molar-refractivity contribution in [2.45, 2.75) is 18.8 Å². The summed E-state index contributed by atoms with van der Waals surface area (Å²) in [5.41, 5.74) is 0. The topological polar surface area (TPSA) is 23.5 Å². The number of rotatable bonds is 0. The molecule has 0 radical (unpaired) electrons. The predicted molar refractivity (Wildman–Crippen MR) is 23.3 cm³/mol. The van der Waals surface area contributed by atoms with Gasteiger partial charge in [0.2, 0.25) is 0 Å². The minimum absolute atomic E-state index is 0.00463. The van der Waals surface area contributed by atoms with Crippen LogP contribution in [0.25, 0.3) is 0 Å². The first-order valence-electron chi connectivity index (χ1n) is 2.44. The molecule has 4 heteroatoms. The monoisotopic (exact) mass is 123 g/mol. The third kappa shape index (κ3) is 0.952. The largest absolute Gasteiger partial charge is 0.392 e. The quantitative estimate of drug-likeness (QED) is 0.368. The van der Waals surface area contributed by atoms with Crippen LogP contribution in [0.15, 0.2) is 0 Å². The Morgan fingerprint density at radius 1 is 1.62 bits per heavy atom. The van der Waals surface area contributed by atoms with E-state index in [4.69, 9.17) is 5.11 Å². The number of halogens is 2. The Labute approximate surface area is 45.6 Å². The first kappa shape index (κ1) is 5.91. The molecular formula is C4H7F2NO. The molecule has 1 aliphatic rings. The summed E-state index contributed by atoms with van der Waals surface area (Å²) in [5.74, 6) is 0. The highest BCUT2D eigenvalue weighted by molar-refractivity contribution is 4.71. The molecule has 0 saturated carbocycles. The van der Waals surface area contributed by atoms with E-state index in [1.165, 1.54) is 0 Å². The fourth-order valence-corrected chi connectivity index (χ4v) is 0.729. The Hall–Kier alpha value is -0.220. The third-order valence-electron chi connectivity index (χ3n) is 1.16. The highest BCUT2D eigenvalue weighted by Crippen LogP contribution is 2.17. The van der Waals surface area contributed by atoms with Gasteiger partial charge in [0.25, 0.3) is 0 Å². The van der Waals surface area contributed by atoms with E-state index in [2.05, 4.69) is 0 Å². The van der Waals surface area contributed by atoms with Gasteiger partial charge in [0, 0.05) is 6.42 Å². The van der Waals surface area contributed by atoms with Crippen LogP contribution in [0.2, 0.25) is 0 Å². The second-order valence-corrected chi connectivity index (χ2v) is 1.91. The number of β-amino-alcohol motifs (C(OH)–C–C–N with tert-alkyl or cyclic N) is 1. The van der Waals surface area contributed by atoms with Gasteiger partial charge in [-0.1, -0.05) is 0 Å². The Morgan fingerprint density at radius 2 is 2.25 bits per heavy atom. The first-order chi connectivity index (χ1) is 3.70. The molecule has 1 heterocycles. The zero-order valence-electron chi connectivity index (χ0n) is 4.22. The SMILES string of the molecule is OC1CC(F)N(F)C1. The summed E-state index contributed by atoms with van der Waals surface area (Å²) in [7, 11) is 0. The van der Waals surface area contributed by atoms with Crippen molar-refractivity contribution in [1.82, 2.24) is 5.12 Å². The third-order valence-corrected chi connectivity index (χ3v) is 1.16. The molecule has 0 aromatic heterocycles. The van der Waals surface area contributed by atoms with Gasteiger partial charge in [0.15, 0.2) is 6.30 Å². The smallest absolute Gasteiger partial charge is 0.182 e. The van der Waals surface area contributed by atoms with Crippen LogP contribution in [0.4, 0.5) is 8.87 Å². The fourth-order valence-electron chi connectivity index (χ4n) is 0.729. The van der Waals surface area contributed by atoms with Gasteiger partial charge in [-0.25, -0.2) is 4.39 Å². The van der Waals surface area contributed by atoms with Gasteiger partial charge in [-0.05, 0) is 0 Å². The Kier molecular flexibility index (Phi) is 1.44. The zero-order chi connectivity index (χ0) is 6.15. The van der Waals surface area contributed by atoms with E-state index in [1.807, 2.05) is 0 Å². The van der Waals surface area contributed by atoms with Crippen molar-refractivity contribution in [2.24, 2.45) is 0 Å². The van der Waals surface area contributed by atoms with Crippen LogP contribution in [0, 0.1) is 0 Å². The molecule has 1 aliphatic heterocycles. The predicted octanol–water partition coefficient (Wildman–Crippen LogP) is 0.233. The van der Waals surface area contributed by atoms with Crippen LogP contribution >= 0.6 is 0 Å². The van der Waals surface area contributed by atoms with Crippen LogP contribution < -0.4 is 0 Å². The summed E-state index contributed by atoms with van der Waals surface area (Å²) >= 11 is 0. The maximum Gasteiger partial charge on any atom is 0.182 e. The molecule has 8 heavy (non-hydrogen) atoms. The standard InChI is InChI=1S/C4H7F2NO/c5-4-1-3(8)2-7(4)6/h3-4,8H,1-2H2. The lowest BCUT2D eigenvalue weighted by Gasteiger charge is -2.01. The second-order valence-electron chi connectivity index (χ2n) is 1.91. The summed E-state index contributed by atoms with van der Waals surface area (Å²) in [4.78, 5) is 0. The van der Waals surface area contributed by atoms with Gasteiger partial charge in [-0.3, -0.25) is 0 Å². The zero-order valence-corrected chi connectivity index (χ0v) is 4.22. The van der Waals surface area contributed by atoms with Crippen LogP contribution in [-0.4, -0.2) is 29.2 Å². The summed E-state index contributed by atoms with van der Waals surface area (Å²) < 4.78 is 23.8. The Bertz CT molecular complexity index is 80.1. The molecule has 48 valence electrons. The number of hydrogen-bond acceptors (Lipinski definition) is 2. The molecule has 2 atom stereocenters. The molecule has 0 bridgehead atoms. The maximum absolute atomic E-state index is 12.0. The van der Waals surface area contributed by atoms with Crippen LogP contribution in [0.1, 0.15) is 6.42 Å². The van der Waals surface area contributed by atoms with Crippen LogP contribution in [0.3, 0.4) is 0 Å². The van der Waals surface area contributed by atoms with E-state index in [1.54, 1.807) is 0 Å². The number of aliphatic hydroxyl groups is 1. The maximum atomic E-state index is 12.0. The lowest BCUT2D eigenvalue weighted by Crippen LogP contribution is -2.16. The number of hydrogen-bond donors (Lipinski definition) is 1. The van der Waals surface area contributed by atoms with Crippen molar-refractivity contribution < 1.29 is 14.0 Å². The molecule has 0 aliphatic carbocycles. The van der Waals surface area contributed by atoms with Gasteiger partial charge in [-0.2, -0.15) is 0 Å². The second kappa shape index (κ2) is 1.95. The minimum Gasteiger partial charge on any atom is -0.392 e.